The maximum Gasteiger partial charge on any atom is 0.191 e. The molecule has 0 bridgehead atoms. The predicted octanol–water partition coefficient (Wildman–Crippen LogP) is 3.57. The molecule has 158 valence electrons. The first-order valence-corrected chi connectivity index (χ1v) is 9.61. The summed E-state index contributed by atoms with van der Waals surface area (Å²) in [6.07, 6.45) is 2.56. The van der Waals surface area contributed by atoms with Crippen LogP contribution in [0.3, 0.4) is 0 Å². The van der Waals surface area contributed by atoms with Crippen molar-refractivity contribution in [2.45, 2.75) is 39.5 Å². The van der Waals surface area contributed by atoms with E-state index in [1.165, 1.54) is 6.07 Å². The molecule has 0 amide bonds. The monoisotopic (exact) mass is 514 g/mol. The van der Waals surface area contributed by atoms with Gasteiger partial charge in [-0.15, -0.1) is 24.0 Å². The number of guanidine groups is 1. The van der Waals surface area contributed by atoms with E-state index in [1.807, 2.05) is 32.0 Å². The van der Waals surface area contributed by atoms with Crippen molar-refractivity contribution < 1.29 is 13.9 Å². The summed E-state index contributed by atoms with van der Waals surface area (Å²) in [4.78, 5) is 8.68. The van der Waals surface area contributed by atoms with Crippen molar-refractivity contribution in [2.75, 3.05) is 19.8 Å². The minimum atomic E-state index is -0.334. The van der Waals surface area contributed by atoms with Crippen LogP contribution in [0.25, 0.3) is 0 Å². The largest absolute Gasteiger partial charge is 0.488 e. The van der Waals surface area contributed by atoms with E-state index in [4.69, 9.17) is 9.47 Å². The minimum absolute atomic E-state index is 0. The fraction of sp³-hybridized carbons (Fsp3) is 0.429. The van der Waals surface area contributed by atoms with Crippen molar-refractivity contribution in [3.63, 3.8) is 0 Å². The van der Waals surface area contributed by atoms with E-state index < -0.39 is 0 Å². The average molecular weight is 514 g/mol. The molecule has 1 fully saturated rings. The van der Waals surface area contributed by atoms with Crippen LogP contribution in [0.15, 0.2) is 41.5 Å². The van der Waals surface area contributed by atoms with Crippen LogP contribution in [0.2, 0.25) is 0 Å². The van der Waals surface area contributed by atoms with E-state index in [9.17, 15) is 4.39 Å². The van der Waals surface area contributed by atoms with Gasteiger partial charge in [0, 0.05) is 24.7 Å². The molecular weight excluding hydrogens is 486 g/mol. The average Bonchev–Trinajstić information content (AvgIpc) is 3.19. The van der Waals surface area contributed by atoms with Crippen LogP contribution >= 0.6 is 24.0 Å². The molecule has 1 aromatic heterocycles. The lowest BCUT2D eigenvalue weighted by Gasteiger charge is -2.16. The molecule has 1 aliphatic rings. The van der Waals surface area contributed by atoms with Gasteiger partial charge >= 0.3 is 0 Å². The lowest BCUT2D eigenvalue weighted by atomic mass is 10.1. The van der Waals surface area contributed by atoms with Crippen molar-refractivity contribution in [1.82, 2.24) is 15.6 Å². The zero-order valence-corrected chi connectivity index (χ0v) is 19.1. The summed E-state index contributed by atoms with van der Waals surface area (Å²) in [5.41, 5.74) is 2.49. The second-order valence-corrected chi connectivity index (χ2v) is 6.70. The maximum absolute atomic E-state index is 13.8. The van der Waals surface area contributed by atoms with E-state index in [0.29, 0.717) is 31.3 Å². The van der Waals surface area contributed by atoms with Gasteiger partial charge in [-0.1, -0.05) is 12.1 Å². The zero-order chi connectivity index (χ0) is 19.8. The van der Waals surface area contributed by atoms with Gasteiger partial charge in [0.2, 0.25) is 0 Å². The summed E-state index contributed by atoms with van der Waals surface area (Å²) in [6, 6.07) is 9.09. The van der Waals surface area contributed by atoms with Crippen molar-refractivity contribution in [3.8, 4) is 5.75 Å². The molecule has 8 heteroatoms. The Morgan fingerprint density at radius 3 is 2.93 bits per heavy atom. The molecule has 0 spiro atoms. The van der Waals surface area contributed by atoms with Gasteiger partial charge in [0.15, 0.2) is 5.96 Å². The zero-order valence-electron chi connectivity index (χ0n) is 16.8. The Kier molecular flexibility index (Phi) is 9.59. The van der Waals surface area contributed by atoms with Crippen LogP contribution < -0.4 is 15.4 Å². The topological polar surface area (TPSA) is 67.8 Å². The highest BCUT2D eigenvalue weighted by Gasteiger charge is 2.18. The SMILES string of the molecule is CCNC(=NCc1ccc(C)cc1OC1CCOC1)NCc1ncccc1F.I. The Bertz CT molecular complexity index is 813. The van der Waals surface area contributed by atoms with Gasteiger partial charge in [-0.3, -0.25) is 4.98 Å². The van der Waals surface area contributed by atoms with Crippen LogP contribution in [0.4, 0.5) is 4.39 Å². The number of pyridine rings is 1. The van der Waals surface area contributed by atoms with Crippen LogP contribution in [0.1, 0.15) is 30.2 Å². The van der Waals surface area contributed by atoms with E-state index in [1.54, 1.807) is 12.3 Å². The number of hydrogen-bond donors (Lipinski definition) is 2. The van der Waals surface area contributed by atoms with Crippen molar-refractivity contribution >= 4 is 29.9 Å². The fourth-order valence-corrected chi connectivity index (χ4v) is 2.91. The Labute approximate surface area is 188 Å². The first-order chi connectivity index (χ1) is 13.7. The number of nitrogens with zero attached hydrogens (tertiary/aromatic N) is 2. The van der Waals surface area contributed by atoms with Crippen molar-refractivity contribution in [2.24, 2.45) is 4.99 Å². The molecule has 1 aliphatic heterocycles. The van der Waals surface area contributed by atoms with E-state index in [-0.39, 0.29) is 42.4 Å². The number of benzene rings is 1. The lowest BCUT2D eigenvalue weighted by molar-refractivity contribution is 0.140. The molecule has 0 saturated carbocycles. The number of hydrogen-bond acceptors (Lipinski definition) is 4. The summed E-state index contributed by atoms with van der Waals surface area (Å²) in [7, 11) is 0. The Morgan fingerprint density at radius 1 is 1.34 bits per heavy atom. The molecule has 0 aliphatic carbocycles. The molecule has 3 rings (SSSR count). The third-order valence-electron chi connectivity index (χ3n) is 4.41. The second kappa shape index (κ2) is 11.9. The van der Waals surface area contributed by atoms with Gasteiger partial charge in [-0.25, -0.2) is 9.38 Å². The summed E-state index contributed by atoms with van der Waals surface area (Å²) in [5.74, 6) is 1.10. The number of nitrogens with one attached hydrogen (secondary N) is 2. The predicted molar refractivity (Wildman–Crippen MR) is 122 cm³/mol. The van der Waals surface area contributed by atoms with E-state index in [2.05, 4.69) is 20.6 Å². The van der Waals surface area contributed by atoms with Crippen molar-refractivity contribution in [3.05, 3.63) is 59.2 Å². The number of aliphatic imine (C=N–C) groups is 1. The number of aromatic nitrogens is 1. The third kappa shape index (κ3) is 7.11. The lowest BCUT2D eigenvalue weighted by Crippen LogP contribution is -2.37. The van der Waals surface area contributed by atoms with Gasteiger partial charge in [-0.05, 0) is 37.6 Å². The van der Waals surface area contributed by atoms with Crippen LogP contribution in [-0.4, -0.2) is 36.8 Å². The van der Waals surface area contributed by atoms with Gasteiger partial charge in [0.25, 0.3) is 0 Å². The second-order valence-electron chi connectivity index (χ2n) is 6.70. The van der Waals surface area contributed by atoms with Gasteiger partial charge in [0.05, 0.1) is 32.0 Å². The summed E-state index contributed by atoms with van der Waals surface area (Å²) >= 11 is 0. The Morgan fingerprint density at radius 2 is 2.21 bits per heavy atom. The molecule has 2 aromatic rings. The Balaban J connectivity index is 0.00000300. The molecule has 1 atom stereocenters. The molecule has 2 N–H and O–H groups in total. The van der Waals surface area contributed by atoms with Gasteiger partial charge < -0.3 is 20.1 Å². The molecule has 1 saturated heterocycles. The summed E-state index contributed by atoms with van der Waals surface area (Å²) in [5, 5.41) is 6.30. The van der Waals surface area contributed by atoms with Gasteiger partial charge in [-0.2, -0.15) is 0 Å². The number of aryl methyl sites for hydroxylation is 1. The molecule has 1 aromatic carbocycles. The maximum atomic E-state index is 13.8. The number of ether oxygens (including phenoxy) is 2. The minimum Gasteiger partial charge on any atom is -0.488 e. The summed E-state index contributed by atoms with van der Waals surface area (Å²) in [6.45, 7) is 6.79. The highest BCUT2D eigenvalue weighted by Crippen LogP contribution is 2.24. The number of rotatable bonds is 7. The molecule has 0 radical (unpaired) electrons. The van der Waals surface area contributed by atoms with E-state index in [0.717, 1.165) is 29.9 Å². The van der Waals surface area contributed by atoms with Crippen LogP contribution in [0, 0.1) is 12.7 Å². The Hall–Kier alpha value is -1.94. The fourth-order valence-electron chi connectivity index (χ4n) is 2.91. The first kappa shape index (κ1) is 23.3. The van der Waals surface area contributed by atoms with Crippen molar-refractivity contribution in [1.29, 1.82) is 0 Å². The molecular formula is C21H28FIN4O2. The molecule has 2 heterocycles. The van der Waals surface area contributed by atoms with Gasteiger partial charge in [0.1, 0.15) is 17.7 Å². The molecule has 29 heavy (non-hydrogen) atoms. The smallest absolute Gasteiger partial charge is 0.191 e. The first-order valence-electron chi connectivity index (χ1n) is 9.61. The van der Waals surface area contributed by atoms with E-state index >= 15 is 0 Å². The highest BCUT2D eigenvalue weighted by atomic mass is 127. The standard InChI is InChI=1S/C21H27FN4O2.HI/c1-3-23-21(26-13-19-18(22)5-4-9-24-19)25-12-16-7-6-15(2)11-20(16)28-17-8-10-27-14-17;/h4-7,9,11,17H,3,8,10,12-14H2,1-2H3,(H2,23,25,26);1H. The normalized spacial score (nSPS) is 16.2. The molecule has 1 unspecified atom stereocenters. The highest BCUT2D eigenvalue weighted by molar-refractivity contribution is 14.0. The summed E-state index contributed by atoms with van der Waals surface area (Å²) < 4.78 is 25.3. The van der Waals surface area contributed by atoms with Crippen LogP contribution in [-0.2, 0) is 17.8 Å². The van der Waals surface area contributed by atoms with Crippen LogP contribution in [0.5, 0.6) is 5.75 Å². The number of halogens is 2. The molecule has 6 nitrogen and oxygen atoms in total. The third-order valence-corrected chi connectivity index (χ3v) is 4.41. The quantitative estimate of drug-likeness (QED) is 0.336.